The molecular formula is C14H14N6O2. The van der Waals surface area contributed by atoms with Crippen LogP contribution >= 0.6 is 0 Å². The number of aromatic nitrogens is 4. The summed E-state index contributed by atoms with van der Waals surface area (Å²) in [7, 11) is 0. The quantitative estimate of drug-likeness (QED) is 0.710. The summed E-state index contributed by atoms with van der Waals surface area (Å²) in [5, 5.41) is 18.0. The Morgan fingerprint density at radius 2 is 1.91 bits per heavy atom. The standard InChI is InChI=1S/C14H14N6O2/c21-12-11(13(22)20-8-4-3-7-19(12)20)17-18-14-15-9-5-1-2-6-10(9)16-14/h1-2,5-6,21H,3-4,7-8H2,(H,15,16)/b18-17+. The fourth-order valence-corrected chi connectivity index (χ4v) is 2.71. The predicted molar refractivity (Wildman–Crippen MR) is 79.9 cm³/mol. The Kier molecular flexibility index (Phi) is 2.81. The van der Waals surface area contributed by atoms with Gasteiger partial charge >= 0.3 is 0 Å². The monoisotopic (exact) mass is 298 g/mol. The van der Waals surface area contributed by atoms with Crippen molar-refractivity contribution in [2.75, 3.05) is 0 Å². The van der Waals surface area contributed by atoms with Crippen molar-refractivity contribution < 1.29 is 5.11 Å². The lowest BCUT2D eigenvalue weighted by molar-refractivity contribution is 0.305. The lowest BCUT2D eigenvalue weighted by atomic mass is 10.3. The van der Waals surface area contributed by atoms with Gasteiger partial charge in [0.1, 0.15) is 0 Å². The molecule has 3 aromatic rings. The Morgan fingerprint density at radius 3 is 2.68 bits per heavy atom. The molecule has 0 aliphatic carbocycles. The molecule has 3 heterocycles. The van der Waals surface area contributed by atoms with Crippen LogP contribution in [0.25, 0.3) is 11.0 Å². The van der Waals surface area contributed by atoms with E-state index in [2.05, 4.69) is 20.2 Å². The normalized spacial score (nSPS) is 14.7. The predicted octanol–water partition coefficient (Wildman–Crippen LogP) is 2.44. The van der Waals surface area contributed by atoms with Gasteiger partial charge < -0.3 is 10.1 Å². The molecule has 0 radical (unpaired) electrons. The molecule has 1 aromatic carbocycles. The zero-order chi connectivity index (χ0) is 15.1. The van der Waals surface area contributed by atoms with Crippen LogP contribution < -0.4 is 5.56 Å². The van der Waals surface area contributed by atoms with Gasteiger partial charge in [0.05, 0.1) is 11.0 Å². The highest BCUT2D eigenvalue weighted by molar-refractivity contribution is 5.76. The molecule has 0 bridgehead atoms. The Morgan fingerprint density at radius 1 is 1.14 bits per heavy atom. The number of fused-ring (bicyclic) bond motifs is 2. The number of aromatic hydroxyl groups is 1. The maximum absolute atomic E-state index is 12.2. The van der Waals surface area contributed by atoms with E-state index in [-0.39, 0.29) is 17.1 Å². The molecule has 1 aliphatic heterocycles. The van der Waals surface area contributed by atoms with Crippen LogP contribution in [0.5, 0.6) is 5.88 Å². The van der Waals surface area contributed by atoms with Gasteiger partial charge in [-0.15, -0.1) is 10.2 Å². The van der Waals surface area contributed by atoms with Crippen molar-refractivity contribution in [1.82, 2.24) is 19.3 Å². The van der Waals surface area contributed by atoms with E-state index in [1.807, 2.05) is 24.3 Å². The summed E-state index contributed by atoms with van der Waals surface area (Å²) in [6, 6.07) is 7.50. The van der Waals surface area contributed by atoms with Crippen LogP contribution in [0.1, 0.15) is 12.8 Å². The van der Waals surface area contributed by atoms with Gasteiger partial charge in [0.15, 0.2) is 0 Å². The minimum atomic E-state index is -0.322. The molecule has 0 saturated carbocycles. The number of hydrogen-bond acceptors (Lipinski definition) is 5. The van der Waals surface area contributed by atoms with E-state index in [9.17, 15) is 9.90 Å². The minimum absolute atomic E-state index is 0.0395. The SMILES string of the molecule is O=c1c(/N=N/c2nc3ccccc3[nH]2)c(O)n2n1CCCC2. The third kappa shape index (κ3) is 1.92. The van der Waals surface area contributed by atoms with Gasteiger partial charge in [0, 0.05) is 13.1 Å². The Bertz CT molecular complexity index is 900. The number of H-pyrrole nitrogens is 1. The highest BCUT2D eigenvalue weighted by Gasteiger charge is 2.21. The summed E-state index contributed by atoms with van der Waals surface area (Å²) in [5.41, 5.74) is 1.25. The average molecular weight is 298 g/mol. The molecule has 0 atom stereocenters. The summed E-state index contributed by atoms with van der Waals surface area (Å²) >= 11 is 0. The molecule has 0 unspecified atom stereocenters. The highest BCUT2D eigenvalue weighted by Crippen LogP contribution is 2.27. The fraction of sp³-hybridized carbons (Fsp3) is 0.286. The van der Waals surface area contributed by atoms with Gasteiger partial charge in [-0.3, -0.25) is 4.79 Å². The molecule has 0 saturated heterocycles. The van der Waals surface area contributed by atoms with E-state index >= 15 is 0 Å². The molecule has 112 valence electrons. The number of azo groups is 1. The van der Waals surface area contributed by atoms with E-state index in [1.54, 1.807) is 4.68 Å². The zero-order valence-corrected chi connectivity index (χ0v) is 11.7. The van der Waals surface area contributed by atoms with Crippen molar-refractivity contribution in [3.63, 3.8) is 0 Å². The van der Waals surface area contributed by atoms with Crippen LogP contribution in [0.15, 0.2) is 39.3 Å². The number of nitrogens with one attached hydrogen (secondary N) is 1. The molecule has 1 aliphatic rings. The van der Waals surface area contributed by atoms with Crippen LogP contribution in [-0.4, -0.2) is 24.4 Å². The van der Waals surface area contributed by atoms with Crippen LogP contribution in [0, 0.1) is 0 Å². The number of para-hydroxylation sites is 2. The van der Waals surface area contributed by atoms with E-state index < -0.39 is 0 Å². The van der Waals surface area contributed by atoms with Gasteiger partial charge in [-0.1, -0.05) is 12.1 Å². The van der Waals surface area contributed by atoms with E-state index in [1.165, 1.54) is 4.68 Å². The second-order valence-corrected chi connectivity index (χ2v) is 5.21. The molecule has 22 heavy (non-hydrogen) atoms. The maximum atomic E-state index is 12.2. The molecule has 8 heteroatoms. The summed E-state index contributed by atoms with van der Waals surface area (Å²) in [6.07, 6.45) is 1.85. The largest absolute Gasteiger partial charge is 0.492 e. The van der Waals surface area contributed by atoms with Crippen molar-refractivity contribution in [3.05, 3.63) is 34.6 Å². The average Bonchev–Trinajstić information content (AvgIpc) is 3.06. The van der Waals surface area contributed by atoms with E-state index in [4.69, 9.17) is 0 Å². The molecule has 0 fully saturated rings. The van der Waals surface area contributed by atoms with Gasteiger partial charge in [0.2, 0.25) is 17.5 Å². The number of rotatable bonds is 2. The Balaban J connectivity index is 1.74. The van der Waals surface area contributed by atoms with Crippen molar-refractivity contribution in [2.24, 2.45) is 10.2 Å². The van der Waals surface area contributed by atoms with Crippen LogP contribution in [-0.2, 0) is 13.1 Å². The fourth-order valence-electron chi connectivity index (χ4n) is 2.71. The Hall–Kier alpha value is -2.90. The minimum Gasteiger partial charge on any atom is -0.492 e. The molecule has 4 rings (SSSR count). The van der Waals surface area contributed by atoms with Crippen LogP contribution in [0.3, 0.4) is 0 Å². The van der Waals surface area contributed by atoms with E-state index in [0.29, 0.717) is 19.0 Å². The Labute approximate surface area is 124 Å². The van der Waals surface area contributed by atoms with Crippen molar-refractivity contribution in [1.29, 1.82) is 0 Å². The lowest BCUT2D eigenvalue weighted by Crippen LogP contribution is -2.26. The van der Waals surface area contributed by atoms with Gasteiger partial charge in [0.25, 0.3) is 5.56 Å². The number of hydrogen-bond donors (Lipinski definition) is 2. The summed E-state index contributed by atoms with van der Waals surface area (Å²) in [4.78, 5) is 19.5. The summed E-state index contributed by atoms with van der Waals surface area (Å²) in [5.74, 6) is 0.165. The van der Waals surface area contributed by atoms with Gasteiger partial charge in [-0.25, -0.2) is 14.3 Å². The first-order chi connectivity index (χ1) is 10.7. The molecule has 2 aromatic heterocycles. The lowest BCUT2D eigenvalue weighted by Gasteiger charge is -2.16. The number of benzene rings is 1. The second-order valence-electron chi connectivity index (χ2n) is 5.21. The highest BCUT2D eigenvalue weighted by atomic mass is 16.3. The summed E-state index contributed by atoms with van der Waals surface area (Å²) in [6.45, 7) is 1.20. The van der Waals surface area contributed by atoms with Crippen molar-refractivity contribution in [3.8, 4) is 5.88 Å². The first kappa shape index (κ1) is 12.8. The molecule has 0 amide bonds. The molecule has 8 nitrogen and oxygen atoms in total. The molecular weight excluding hydrogens is 284 g/mol. The zero-order valence-electron chi connectivity index (χ0n) is 11.7. The van der Waals surface area contributed by atoms with Crippen molar-refractivity contribution in [2.45, 2.75) is 25.9 Å². The van der Waals surface area contributed by atoms with Gasteiger partial charge in [-0.05, 0) is 25.0 Å². The van der Waals surface area contributed by atoms with Crippen LogP contribution in [0.2, 0.25) is 0 Å². The number of imidazole rings is 1. The second kappa shape index (κ2) is 4.83. The van der Waals surface area contributed by atoms with E-state index in [0.717, 1.165) is 23.9 Å². The van der Waals surface area contributed by atoms with Crippen LogP contribution in [0.4, 0.5) is 11.6 Å². The number of nitrogens with zero attached hydrogens (tertiary/aromatic N) is 5. The maximum Gasteiger partial charge on any atom is 0.298 e. The third-order valence-corrected chi connectivity index (χ3v) is 3.80. The molecule has 0 spiro atoms. The topological polar surface area (TPSA) is 101 Å². The molecule has 2 N–H and O–H groups in total. The summed E-state index contributed by atoms with van der Waals surface area (Å²) < 4.78 is 3.06. The third-order valence-electron chi connectivity index (χ3n) is 3.80. The first-order valence-corrected chi connectivity index (χ1v) is 7.13. The first-order valence-electron chi connectivity index (χ1n) is 7.13. The number of aromatic amines is 1. The van der Waals surface area contributed by atoms with Crippen molar-refractivity contribution >= 4 is 22.7 Å². The smallest absolute Gasteiger partial charge is 0.298 e. The van der Waals surface area contributed by atoms with Gasteiger partial charge in [-0.2, -0.15) is 0 Å².